The van der Waals surface area contributed by atoms with Crippen LogP contribution in [0.2, 0.25) is 8.67 Å². The average molecular weight is 457 g/mol. The molecule has 124 valence electrons. The van der Waals surface area contributed by atoms with E-state index < -0.39 is 10.0 Å². The largest absolute Gasteiger partial charge is 0.294 e. The number of benzene rings is 1. The molecular weight excluding hydrogens is 445 g/mol. The van der Waals surface area contributed by atoms with Crippen LogP contribution in [0.15, 0.2) is 33.6 Å². The van der Waals surface area contributed by atoms with Gasteiger partial charge in [-0.15, -0.1) is 11.3 Å². The van der Waals surface area contributed by atoms with Crippen molar-refractivity contribution >= 4 is 72.0 Å². The lowest BCUT2D eigenvalue weighted by atomic mass is 10.1. The van der Waals surface area contributed by atoms with Crippen molar-refractivity contribution < 1.29 is 13.2 Å². The molecule has 0 saturated carbocycles. The van der Waals surface area contributed by atoms with E-state index >= 15 is 0 Å². The van der Waals surface area contributed by atoms with Gasteiger partial charge in [0, 0.05) is 17.7 Å². The lowest BCUT2D eigenvalue weighted by Gasteiger charge is -2.08. The fourth-order valence-electron chi connectivity index (χ4n) is 1.87. The molecule has 0 amide bonds. The Morgan fingerprint density at radius 2 is 1.83 bits per heavy atom. The molecule has 4 nitrogen and oxygen atoms in total. The van der Waals surface area contributed by atoms with E-state index in [1.165, 1.54) is 12.1 Å². The Labute approximate surface area is 157 Å². The Hall–Kier alpha value is -0.600. The zero-order valence-electron chi connectivity index (χ0n) is 11.9. The molecule has 1 aromatic carbocycles. The number of ketones is 1. The van der Waals surface area contributed by atoms with Crippen LogP contribution in [0.5, 0.6) is 0 Å². The summed E-state index contributed by atoms with van der Waals surface area (Å²) in [5.41, 5.74) is 0.885. The maximum Gasteiger partial charge on any atom is 0.265 e. The minimum atomic E-state index is -3.88. The average Bonchev–Trinajstić information content (AvgIpc) is 2.73. The molecule has 0 bridgehead atoms. The third kappa shape index (κ3) is 4.28. The third-order valence-electron chi connectivity index (χ3n) is 2.93. The van der Waals surface area contributed by atoms with Gasteiger partial charge in [-0.05, 0) is 46.6 Å². The van der Waals surface area contributed by atoms with E-state index in [2.05, 4.69) is 20.7 Å². The second-order valence-electron chi connectivity index (χ2n) is 4.65. The molecule has 0 aliphatic carbocycles. The molecule has 1 aromatic heterocycles. The monoisotopic (exact) mass is 455 g/mol. The molecule has 2 aromatic rings. The molecule has 2 rings (SSSR count). The standard InChI is InChI=1S/C14H12BrCl2NO3S2/c1-2-3-10(19)8-4-6-9(7-5-8)18-23(20,21)12-11(15)13(16)22-14(12)17/h4-7,18H,2-3H2,1H3. The number of Topliss-reactive ketones (excluding diaryl/α,β-unsaturated/α-hetero) is 1. The summed E-state index contributed by atoms with van der Waals surface area (Å²) >= 11 is 15.9. The number of halogens is 3. The molecule has 1 N–H and O–H groups in total. The van der Waals surface area contributed by atoms with Crippen LogP contribution in [0.1, 0.15) is 30.1 Å². The highest BCUT2D eigenvalue weighted by Crippen LogP contribution is 2.43. The maximum atomic E-state index is 12.4. The van der Waals surface area contributed by atoms with Gasteiger partial charge in [0.1, 0.15) is 13.6 Å². The van der Waals surface area contributed by atoms with Gasteiger partial charge in [-0.25, -0.2) is 8.42 Å². The summed E-state index contributed by atoms with van der Waals surface area (Å²) < 4.78 is 27.9. The van der Waals surface area contributed by atoms with Crippen LogP contribution >= 0.6 is 50.5 Å². The predicted octanol–water partition coefficient (Wildman–Crippen LogP) is 5.60. The molecule has 0 atom stereocenters. The van der Waals surface area contributed by atoms with Crippen LogP contribution in [-0.2, 0) is 10.0 Å². The fourth-order valence-corrected chi connectivity index (χ4v) is 6.49. The van der Waals surface area contributed by atoms with Gasteiger partial charge in [0.2, 0.25) is 0 Å². The molecule has 9 heteroatoms. The summed E-state index contributed by atoms with van der Waals surface area (Å²) in [6.07, 6.45) is 1.22. The normalized spacial score (nSPS) is 11.5. The smallest absolute Gasteiger partial charge is 0.265 e. The highest BCUT2D eigenvalue weighted by molar-refractivity contribution is 9.10. The Bertz CT molecular complexity index is 832. The number of nitrogens with one attached hydrogen (secondary N) is 1. The van der Waals surface area contributed by atoms with Gasteiger partial charge < -0.3 is 0 Å². The number of thiophene rings is 1. The third-order valence-corrected chi connectivity index (χ3v) is 7.78. The molecule has 0 saturated heterocycles. The van der Waals surface area contributed by atoms with Gasteiger partial charge in [0.15, 0.2) is 5.78 Å². The zero-order valence-corrected chi connectivity index (χ0v) is 16.6. The second-order valence-corrected chi connectivity index (χ2v) is 9.29. The van der Waals surface area contributed by atoms with Crippen LogP contribution in [0, 0.1) is 0 Å². The van der Waals surface area contributed by atoms with Crippen molar-refractivity contribution in [2.75, 3.05) is 4.72 Å². The van der Waals surface area contributed by atoms with Crippen molar-refractivity contribution in [2.24, 2.45) is 0 Å². The molecule has 0 fully saturated rings. The number of carbonyl (C=O) groups is 1. The molecular formula is C14H12BrCl2NO3S2. The van der Waals surface area contributed by atoms with Crippen molar-refractivity contribution in [1.82, 2.24) is 0 Å². The Morgan fingerprint density at radius 1 is 1.22 bits per heavy atom. The van der Waals surface area contributed by atoms with Gasteiger partial charge in [-0.3, -0.25) is 9.52 Å². The summed E-state index contributed by atoms with van der Waals surface area (Å²) in [7, 11) is -3.88. The summed E-state index contributed by atoms with van der Waals surface area (Å²) in [6.45, 7) is 1.92. The van der Waals surface area contributed by atoms with Crippen molar-refractivity contribution in [3.63, 3.8) is 0 Å². The van der Waals surface area contributed by atoms with Crippen LogP contribution in [0.4, 0.5) is 5.69 Å². The first-order valence-corrected chi connectivity index (χ1v) is 10.4. The van der Waals surface area contributed by atoms with Gasteiger partial charge in [-0.2, -0.15) is 0 Å². The van der Waals surface area contributed by atoms with E-state index in [9.17, 15) is 13.2 Å². The quantitative estimate of drug-likeness (QED) is 0.575. The van der Waals surface area contributed by atoms with Crippen LogP contribution in [0.25, 0.3) is 0 Å². The lowest BCUT2D eigenvalue weighted by Crippen LogP contribution is -2.13. The number of rotatable bonds is 6. The fraction of sp³-hybridized carbons (Fsp3) is 0.214. The molecule has 0 radical (unpaired) electrons. The molecule has 1 heterocycles. The number of carbonyl (C=O) groups excluding carboxylic acids is 1. The molecule has 23 heavy (non-hydrogen) atoms. The topological polar surface area (TPSA) is 63.2 Å². The first-order chi connectivity index (χ1) is 10.8. The Morgan fingerprint density at radius 3 is 2.30 bits per heavy atom. The molecule has 0 spiro atoms. The van der Waals surface area contributed by atoms with Gasteiger partial charge in [0.25, 0.3) is 10.0 Å². The number of sulfonamides is 1. The van der Waals surface area contributed by atoms with Crippen LogP contribution in [0.3, 0.4) is 0 Å². The molecule has 0 aliphatic heterocycles. The van der Waals surface area contributed by atoms with Crippen LogP contribution in [-0.4, -0.2) is 14.2 Å². The van der Waals surface area contributed by atoms with E-state index in [0.29, 0.717) is 17.7 Å². The van der Waals surface area contributed by atoms with E-state index in [1.54, 1.807) is 12.1 Å². The molecule has 0 aliphatic rings. The van der Waals surface area contributed by atoms with E-state index in [1.807, 2.05) is 6.92 Å². The molecule has 0 unspecified atom stereocenters. The second kappa shape index (κ2) is 7.53. The predicted molar refractivity (Wildman–Crippen MR) is 98.5 cm³/mol. The number of hydrogen-bond donors (Lipinski definition) is 1. The highest BCUT2D eigenvalue weighted by Gasteiger charge is 2.26. The SMILES string of the molecule is CCCC(=O)c1ccc(NS(=O)(=O)c2c(Cl)sc(Cl)c2Br)cc1. The van der Waals surface area contributed by atoms with Gasteiger partial charge in [-0.1, -0.05) is 30.1 Å². The van der Waals surface area contributed by atoms with Crippen molar-refractivity contribution in [3.05, 3.63) is 43.0 Å². The summed E-state index contributed by atoms with van der Waals surface area (Å²) in [5.74, 6) is 0.0253. The lowest BCUT2D eigenvalue weighted by molar-refractivity contribution is 0.0982. The van der Waals surface area contributed by atoms with E-state index in [0.717, 1.165) is 17.8 Å². The maximum absolute atomic E-state index is 12.4. The summed E-state index contributed by atoms with van der Waals surface area (Å²) in [5, 5.41) is 0. The first kappa shape index (κ1) is 18.7. The Balaban J connectivity index is 2.26. The van der Waals surface area contributed by atoms with Gasteiger partial charge >= 0.3 is 0 Å². The van der Waals surface area contributed by atoms with Crippen molar-refractivity contribution in [2.45, 2.75) is 24.7 Å². The summed E-state index contributed by atoms with van der Waals surface area (Å²) in [6, 6.07) is 6.26. The van der Waals surface area contributed by atoms with Crippen LogP contribution < -0.4 is 4.72 Å². The summed E-state index contributed by atoms with van der Waals surface area (Å²) in [4.78, 5) is 11.7. The minimum Gasteiger partial charge on any atom is -0.294 e. The highest BCUT2D eigenvalue weighted by atomic mass is 79.9. The first-order valence-electron chi connectivity index (χ1n) is 6.55. The van der Waals surface area contributed by atoms with Gasteiger partial charge in [0.05, 0.1) is 4.47 Å². The number of hydrogen-bond acceptors (Lipinski definition) is 4. The van der Waals surface area contributed by atoms with Crippen molar-refractivity contribution in [1.29, 1.82) is 0 Å². The van der Waals surface area contributed by atoms with Crippen molar-refractivity contribution in [3.8, 4) is 0 Å². The Kier molecular flexibility index (Phi) is 6.13. The minimum absolute atomic E-state index is 0.0253. The zero-order chi connectivity index (χ0) is 17.2. The number of anilines is 1. The van der Waals surface area contributed by atoms with E-state index in [4.69, 9.17) is 23.2 Å². The van der Waals surface area contributed by atoms with E-state index in [-0.39, 0.29) is 23.8 Å².